The summed E-state index contributed by atoms with van der Waals surface area (Å²) in [6.07, 6.45) is 1.97. The molecule has 3 aromatic rings. The summed E-state index contributed by atoms with van der Waals surface area (Å²) in [4.78, 5) is 14.8. The molecule has 0 saturated heterocycles. The standard InChI is InChI=1S/C21H23N5O3S2/c1-14-12-16-6-4-5-7-18(16)26(14)19(27)13-30-21-23-22-20(25(21)2)15-8-10-17(11-9-15)24-31(3,28)29/h4-11,14,24H,12-13H2,1-3H3. The lowest BCUT2D eigenvalue weighted by atomic mass is 10.1. The quantitative estimate of drug-likeness (QED) is 0.572. The molecule has 1 amide bonds. The highest BCUT2D eigenvalue weighted by Gasteiger charge is 2.30. The summed E-state index contributed by atoms with van der Waals surface area (Å²) < 4.78 is 27.0. The van der Waals surface area contributed by atoms with Crippen LogP contribution in [-0.4, -0.2) is 47.1 Å². The topological polar surface area (TPSA) is 97.2 Å². The second-order valence-corrected chi connectivity index (χ2v) is 10.2. The lowest BCUT2D eigenvalue weighted by molar-refractivity contribution is -0.116. The first kappa shape index (κ1) is 21.4. The maximum absolute atomic E-state index is 12.9. The molecule has 162 valence electrons. The number of fused-ring (bicyclic) bond motifs is 1. The van der Waals surface area contributed by atoms with Gasteiger partial charge in [-0.1, -0.05) is 30.0 Å². The van der Waals surface area contributed by atoms with Gasteiger partial charge < -0.3 is 9.47 Å². The van der Waals surface area contributed by atoms with Gasteiger partial charge in [0.25, 0.3) is 0 Å². The van der Waals surface area contributed by atoms with Crippen LogP contribution in [0.4, 0.5) is 11.4 Å². The predicted octanol–water partition coefficient (Wildman–Crippen LogP) is 2.92. The Morgan fingerprint density at radius 2 is 1.87 bits per heavy atom. The van der Waals surface area contributed by atoms with E-state index in [1.54, 1.807) is 24.3 Å². The van der Waals surface area contributed by atoms with Crippen molar-refractivity contribution in [3.8, 4) is 11.4 Å². The van der Waals surface area contributed by atoms with Crippen LogP contribution < -0.4 is 9.62 Å². The average molecular weight is 458 g/mol. The Morgan fingerprint density at radius 3 is 2.58 bits per heavy atom. The normalized spacial score (nSPS) is 15.7. The van der Waals surface area contributed by atoms with Crippen molar-refractivity contribution in [3.05, 3.63) is 54.1 Å². The first-order valence-electron chi connectivity index (χ1n) is 9.73. The number of aromatic nitrogens is 3. The number of benzene rings is 2. The molecular weight excluding hydrogens is 434 g/mol. The Balaban J connectivity index is 1.45. The molecule has 0 bridgehead atoms. The number of carbonyl (C=O) groups excluding carboxylic acids is 1. The number of thioether (sulfide) groups is 1. The number of hydrogen-bond acceptors (Lipinski definition) is 6. The molecule has 8 nitrogen and oxygen atoms in total. The second-order valence-electron chi connectivity index (χ2n) is 7.55. The minimum atomic E-state index is -3.33. The van der Waals surface area contributed by atoms with Gasteiger partial charge in [-0.25, -0.2) is 8.42 Å². The molecule has 1 aliphatic rings. The maximum atomic E-state index is 12.9. The van der Waals surface area contributed by atoms with Gasteiger partial charge in [-0.3, -0.25) is 9.52 Å². The molecule has 1 aliphatic heterocycles. The number of amides is 1. The van der Waals surface area contributed by atoms with Gasteiger partial charge in [-0.15, -0.1) is 10.2 Å². The van der Waals surface area contributed by atoms with Crippen LogP contribution in [0.25, 0.3) is 11.4 Å². The van der Waals surface area contributed by atoms with E-state index in [9.17, 15) is 13.2 Å². The summed E-state index contributed by atoms with van der Waals surface area (Å²) in [6, 6.07) is 15.1. The number of sulfonamides is 1. The van der Waals surface area contributed by atoms with Crippen LogP contribution in [0.15, 0.2) is 53.7 Å². The fraction of sp³-hybridized carbons (Fsp3) is 0.286. The summed E-state index contributed by atoms with van der Waals surface area (Å²) in [6.45, 7) is 2.06. The number of hydrogen-bond donors (Lipinski definition) is 1. The van der Waals surface area contributed by atoms with E-state index in [4.69, 9.17) is 0 Å². The van der Waals surface area contributed by atoms with E-state index in [2.05, 4.69) is 27.9 Å². The molecule has 2 heterocycles. The van der Waals surface area contributed by atoms with E-state index >= 15 is 0 Å². The van der Waals surface area contributed by atoms with Crippen LogP contribution in [0.5, 0.6) is 0 Å². The van der Waals surface area contributed by atoms with Gasteiger partial charge in [-0.05, 0) is 49.2 Å². The molecular formula is C21H23N5O3S2. The van der Waals surface area contributed by atoms with Gasteiger partial charge >= 0.3 is 0 Å². The molecule has 0 fully saturated rings. The van der Waals surface area contributed by atoms with Gasteiger partial charge in [0.1, 0.15) is 0 Å². The van der Waals surface area contributed by atoms with Gasteiger partial charge in [0.15, 0.2) is 11.0 Å². The van der Waals surface area contributed by atoms with Crippen LogP contribution in [0.2, 0.25) is 0 Å². The van der Waals surface area contributed by atoms with Crippen molar-refractivity contribution in [2.24, 2.45) is 7.05 Å². The molecule has 0 saturated carbocycles. The Kier molecular flexibility index (Phi) is 5.76. The summed E-state index contributed by atoms with van der Waals surface area (Å²) >= 11 is 1.35. The van der Waals surface area contributed by atoms with Crippen molar-refractivity contribution in [2.45, 2.75) is 24.5 Å². The molecule has 0 radical (unpaired) electrons. The zero-order valence-electron chi connectivity index (χ0n) is 17.4. The first-order chi connectivity index (χ1) is 14.7. The number of carbonyl (C=O) groups is 1. The highest BCUT2D eigenvalue weighted by atomic mass is 32.2. The zero-order valence-corrected chi connectivity index (χ0v) is 19.1. The van der Waals surface area contributed by atoms with Crippen LogP contribution in [-0.2, 0) is 28.3 Å². The average Bonchev–Trinajstić information content (AvgIpc) is 3.24. The van der Waals surface area contributed by atoms with Crippen molar-refractivity contribution in [1.82, 2.24) is 14.8 Å². The lowest BCUT2D eigenvalue weighted by Gasteiger charge is -2.22. The number of nitrogens with zero attached hydrogens (tertiary/aromatic N) is 4. The van der Waals surface area contributed by atoms with Crippen molar-refractivity contribution < 1.29 is 13.2 Å². The minimum Gasteiger partial charge on any atom is -0.308 e. The third-order valence-electron chi connectivity index (χ3n) is 5.08. The van der Waals surface area contributed by atoms with E-state index in [1.807, 2.05) is 34.7 Å². The van der Waals surface area contributed by atoms with E-state index in [0.29, 0.717) is 16.7 Å². The smallest absolute Gasteiger partial charge is 0.237 e. The van der Waals surface area contributed by atoms with Crippen LogP contribution in [0, 0.1) is 0 Å². The second kappa shape index (κ2) is 8.35. The molecule has 1 atom stereocenters. The largest absolute Gasteiger partial charge is 0.308 e. The summed E-state index contributed by atoms with van der Waals surface area (Å²) in [5.41, 5.74) is 3.47. The van der Waals surface area contributed by atoms with Crippen LogP contribution in [0.3, 0.4) is 0 Å². The molecule has 31 heavy (non-hydrogen) atoms. The van der Waals surface area contributed by atoms with Gasteiger partial charge in [0.05, 0.1) is 12.0 Å². The number of para-hydroxylation sites is 1. The van der Waals surface area contributed by atoms with Crippen molar-refractivity contribution >= 4 is 39.1 Å². The Hall–Kier alpha value is -2.85. The molecule has 1 unspecified atom stereocenters. The monoisotopic (exact) mass is 457 g/mol. The lowest BCUT2D eigenvalue weighted by Crippen LogP contribution is -2.37. The third-order valence-corrected chi connectivity index (χ3v) is 6.69. The van der Waals surface area contributed by atoms with E-state index in [1.165, 1.54) is 17.3 Å². The number of anilines is 2. The summed E-state index contributed by atoms with van der Waals surface area (Å²) in [5.74, 6) is 0.950. The molecule has 0 spiro atoms. The van der Waals surface area contributed by atoms with E-state index in [-0.39, 0.29) is 17.7 Å². The summed E-state index contributed by atoms with van der Waals surface area (Å²) in [5, 5.41) is 9.12. The van der Waals surface area contributed by atoms with Gasteiger partial charge in [0, 0.05) is 30.0 Å². The first-order valence-corrected chi connectivity index (χ1v) is 12.6. The Morgan fingerprint density at radius 1 is 1.16 bits per heavy atom. The van der Waals surface area contributed by atoms with Crippen molar-refractivity contribution in [1.29, 1.82) is 0 Å². The van der Waals surface area contributed by atoms with Crippen LogP contribution >= 0.6 is 11.8 Å². The minimum absolute atomic E-state index is 0.0446. The van der Waals surface area contributed by atoms with Crippen LogP contribution in [0.1, 0.15) is 12.5 Å². The third kappa shape index (κ3) is 4.59. The number of nitrogens with one attached hydrogen (secondary N) is 1. The van der Waals surface area contributed by atoms with Crippen molar-refractivity contribution in [2.75, 3.05) is 21.6 Å². The fourth-order valence-electron chi connectivity index (χ4n) is 3.73. The van der Waals surface area contributed by atoms with Gasteiger partial charge in [-0.2, -0.15) is 0 Å². The molecule has 2 aromatic carbocycles. The highest BCUT2D eigenvalue weighted by molar-refractivity contribution is 7.99. The van der Waals surface area contributed by atoms with E-state index < -0.39 is 10.0 Å². The Bertz CT molecular complexity index is 1220. The molecule has 1 N–H and O–H groups in total. The van der Waals surface area contributed by atoms with Crippen molar-refractivity contribution in [3.63, 3.8) is 0 Å². The SMILES string of the molecule is CC1Cc2ccccc2N1C(=O)CSc1nnc(-c2ccc(NS(C)(=O)=O)cc2)n1C. The highest BCUT2D eigenvalue weighted by Crippen LogP contribution is 2.33. The Labute approximate surface area is 185 Å². The molecule has 10 heteroatoms. The molecule has 4 rings (SSSR count). The molecule has 0 aliphatic carbocycles. The van der Waals surface area contributed by atoms with Gasteiger partial charge in [0.2, 0.25) is 15.9 Å². The molecule has 1 aromatic heterocycles. The fourth-order valence-corrected chi connectivity index (χ4v) is 5.07. The number of rotatable bonds is 6. The maximum Gasteiger partial charge on any atom is 0.237 e. The zero-order chi connectivity index (χ0) is 22.2. The predicted molar refractivity (Wildman–Crippen MR) is 123 cm³/mol. The summed E-state index contributed by atoms with van der Waals surface area (Å²) in [7, 11) is -1.48. The van der Waals surface area contributed by atoms with E-state index in [0.717, 1.165) is 23.9 Å².